The zero-order valence-corrected chi connectivity index (χ0v) is 12.3. The number of amides is 1. The van der Waals surface area contributed by atoms with Crippen LogP contribution in [0.25, 0.3) is 0 Å². The summed E-state index contributed by atoms with van der Waals surface area (Å²) in [6.45, 7) is 6.13. The molecule has 0 spiro atoms. The van der Waals surface area contributed by atoms with Crippen molar-refractivity contribution in [1.82, 2.24) is 10.6 Å². The number of carbonyl (C=O) groups excluding carboxylic acids is 1. The van der Waals surface area contributed by atoms with Crippen LogP contribution in [0.15, 0.2) is 0 Å². The van der Waals surface area contributed by atoms with Gasteiger partial charge in [-0.3, -0.25) is 4.79 Å². The highest BCUT2D eigenvalue weighted by Gasteiger charge is 2.13. The lowest BCUT2D eigenvalue weighted by molar-refractivity contribution is -0.123. The van der Waals surface area contributed by atoms with Crippen LogP contribution in [0.1, 0.15) is 26.7 Å². The minimum atomic E-state index is -0.592. The van der Waals surface area contributed by atoms with Crippen LogP contribution in [-0.4, -0.2) is 63.2 Å². The number of methoxy groups -OCH3 is 1. The molecule has 0 radical (unpaired) electrons. The third-order valence-electron chi connectivity index (χ3n) is 2.61. The van der Waals surface area contributed by atoms with Crippen molar-refractivity contribution in [2.45, 2.75) is 38.8 Å². The van der Waals surface area contributed by atoms with Crippen LogP contribution in [0.3, 0.4) is 0 Å². The molecule has 1 amide bonds. The van der Waals surface area contributed by atoms with Crippen LogP contribution in [0.2, 0.25) is 0 Å². The molecule has 0 aromatic rings. The molecule has 19 heavy (non-hydrogen) atoms. The van der Waals surface area contributed by atoms with E-state index in [-0.39, 0.29) is 11.9 Å². The number of aliphatic hydroxyl groups is 1. The van der Waals surface area contributed by atoms with Crippen LogP contribution in [-0.2, 0) is 14.3 Å². The Kier molecular flexibility index (Phi) is 11.9. The SMILES string of the molecule is CCCCOCC(O)CNC(C)C(=O)NCCOC. The van der Waals surface area contributed by atoms with Crippen molar-refractivity contribution >= 4 is 5.91 Å². The molecule has 0 aromatic carbocycles. The zero-order valence-electron chi connectivity index (χ0n) is 12.3. The molecule has 0 aromatic heterocycles. The summed E-state index contributed by atoms with van der Waals surface area (Å²) in [4.78, 5) is 11.6. The number of nitrogens with one attached hydrogen (secondary N) is 2. The van der Waals surface area contributed by atoms with Gasteiger partial charge in [0.15, 0.2) is 0 Å². The highest BCUT2D eigenvalue weighted by atomic mass is 16.5. The van der Waals surface area contributed by atoms with Gasteiger partial charge in [-0.2, -0.15) is 0 Å². The summed E-state index contributed by atoms with van der Waals surface area (Å²) < 4.78 is 10.1. The molecule has 0 bridgehead atoms. The predicted octanol–water partition coefficient (Wildman–Crippen LogP) is -0.0953. The Hall–Kier alpha value is -0.690. The van der Waals surface area contributed by atoms with Gasteiger partial charge in [-0.25, -0.2) is 0 Å². The molecule has 0 saturated carbocycles. The average molecular weight is 276 g/mol. The van der Waals surface area contributed by atoms with Crippen LogP contribution in [0, 0.1) is 0 Å². The van der Waals surface area contributed by atoms with Crippen LogP contribution < -0.4 is 10.6 Å². The first kappa shape index (κ1) is 18.3. The summed E-state index contributed by atoms with van der Waals surface area (Å²) in [6, 6.07) is -0.345. The molecule has 0 aliphatic heterocycles. The number of ether oxygens (including phenoxy) is 2. The molecule has 0 aliphatic carbocycles. The van der Waals surface area contributed by atoms with E-state index in [0.717, 1.165) is 12.8 Å². The summed E-state index contributed by atoms with van der Waals surface area (Å²) in [5.41, 5.74) is 0. The largest absolute Gasteiger partial charge is 0.389 e. The molecular formula is C13H28N2O4. The van der Waals surface area contributed by atoms with Crippen molar-refractivity contribution in [3.8, 4) is 0 Å². The van der Waals surface area contributed by atoms with Crippen LogP contribution in [0.4, 0.5) is 0 Å². The normalized spacial score (nSPS) is 14.1. The molecule has 114 valence electrons. The summed E-state index contributed by atoms with van der Waals surface area (Å²) in [7, 11) is 1.59. The van der Waals surface area contributed by atoms with Gasteiger partial charge < -0.3 is 25.2 Å². The third kappa shape index (κ3) is 10.9. The number of unbranched alkanes of at least 4 members (excludes halogenated alkanes) is 1. The standard InChI is InChI=1S/C13H28N2O4/c1-4-5-7-19-10-12(16)9-15-11(2)13(17)14-6-8-18-3/h11-12,15-16H,4-10H2,1-3H3,(H,14,17). The fourth-order valence-corrected chi connectivity index (χ4v) is 1.36. The second kappa shape index (κ2) is 12.3. The van der Waals surface area contributed by atoms with E-state index in [9.17, 15) is 9.90 Å². The van der Waals surface area contributed by atoms with E-state index >= 15 is 0 Å². The van der Waals surface area contributed by atoms with E-state index in [1.54, 1.807) is 14.0 Å². The van der Waals surface area contributed by atoms with Gasteiger partial charge in [-0.05, 0) is 13.3 Å². The van der Waals surface area contributed by atoms with E-state index in [1.165, 1.54) is 0 Å². The zero-order chi connectivity index (χ0) is 14.5. The van der Waals surface area contributed by atoms with Gasteiger partial charge in [0.25, 0.3) is 0 Å². The second-order valence-corrected chi connectivity index (χ2v) is 4.50. The van der Waals surface area contributed by atoms with Crippen molar-refractivity contribution in [3.05, 3.63) is 0 Å². The van der Waals surface area contributed by atoms with Gasteiger partial charge in [0.2, 0.25) is 5.91 Å². The molecule has 6 heteroatoms. The minimum absolute atomic E-state index is 0.101. The smallest absolute Gasteiger partial charge is 0.236 e. The van der Waals surface area contributed by atoms with Gasteiger partial charge in [-0.1, -0.05) is 13.3 Å². The fraction of sp³-hybridized carbons (Fsp3) is 0.923. The van der Waals surface area contributed by atoms with Crippen molar-refractivity contribution in [3.63, 3.8) is 0 Å². The molecule has 0 aliphatic rings. The van der Waals surface area contributed by atoms with Gasteiger partial charge in [0.1, 0.15) is 0 Å². The molecule has 0 saturated heterocycles. The van der Waals surface area contributed by atoms with Crippen molar-refractivity contribution in [2.24, 2.45) is 0 Å². The van der Waals surface area contributed by atoms with Crippen molar-refractivity contribution < 1.29 is 19.4 Å². The number of rotatable bonds is 12. The molecule has 0 heterocycles. The molecule has 0 fully saturated rings. The van der Waals surface area contributed by atoms with Gasteiger partial charge in [-0.15, -0.1) is 0 Å². The van der Waals surface area contributed by atoms with Crippen LogP contribution >= 0.6 is 0 Å². The molecule has 0 rings (SSSR count). The first-order chi connectivity index (χ1) is 9.11. The van der Waals surface area contributed by atoms with E-state index in [2.05, 4.69) is 17.6 Å². The number of carbonyl (C=O) groups is 1. The molecular weight excluding hydrogens is 248 g/mol. The van der Waals surface area contributed by atoms with E-state index in [0.29, 0.717) is 32.9 Å². The lowest BCUT2D eigenvalue weighted by atomic mass is 10.3. The number of aliphatic hydroxyl groups excluding tert-OH is 1. The second-order valence-electron chi connectivity index (χ2n) is 4.50. The monoisotopic (exact) mass is 276 g/mol. The third-order valence-corrected chi connectivity index (χ3v) is 2.61. The van der Waals surface area contributed by atoms with E-state index < -0.39 is 6.10 Å². The minimum Gasteiger partial charge on any atom is -0.389 e. The number of hydrogen-bond donors (Lipinski definition) is 3. The lowest BCUT2D eigenvalue weighted by Crippen LogP contribution is -2.46. The van der Waals surface area contributed by atoms with Gasteiger partial charge in [0, 0.05) is 26.8 Å². The Morgan fingerprint density at radius 1 is 1.37 bits per heavy atom. The van der Waals surface area contributed by atoms with Gasteiger partial charge in [0.05, 0.1) is 25.4 Å². The maximum atomic E-state index is 11.6. The lowest BCUT2D eigenvalue weighted by Gasteiger charge is -2.17. The first-order valence-electron chi connectivity index (χ1n) is 6.87. The van der Waals surface area contributed by atoms with E-state index in [1.807, 2.05) is 0 Å². The summed E-state index contributed by atoms with van der Waals surface area (Å²) in [5.74, 6) is -0.101. The summed E-state index contributed by atoms with van der Waals surface area (Å²) in [5, 5.41) is 15.3. The molecule has 2 atom stereocenters. The quantitative estimate of drug-likeness (QED) is 0.434. The first-order valence-corrected chi connectivity index (χ1v) is 6.87. The Labute approximate surface area is 115 Å². The van der Waals surface area contributed by atoms with Gasteiger partial charge >= 0.3 is 0 Å². The molecule has 2 unspecified atom stereocenters. The Morgan fingerprint density at radius 2 is 2.11 bits per heavy atom. The van der Waals surface area contributed by atoms with Crippen LogP contribution in [0.5, 0.6) is 0 Å². The predicted molar refractivity (Wildman–Crippen MR) is 74.1 cm³/mol. The Balaban J connectivity index is 3.58. The highest BCUT2D eigenvalue weighted by molar-refractivity contribution is 5.81. The number of hydrogen-bond acceptors (Lipinski definition) is 5. The maximum absolute atomic E-state index is 11.6. The molecule has 6 nitrogen and oxygen atoms in total. The van der Waals surface area contributed by atoms with Crippen molar-refractivity contribution in [1.29, 1.82) is 0 Å². The Bertz CT molecular complexity index is 227. The fourth-order valence-electron chi connectivity index (χ4n) is 1.36. The highest BCUT2D eigenvalue weighted by Crippen LogP contribution is 1.91. The van der Waals surface area contributed by atoms with Crippen molar-refractivity contribution in [2.75, 3.05) is 40.0 Å². The average Bonchev–Trinajstić information content (AvgIpc) is 2.41. The topological polar surface area (TPSA) is 79.8 Å². The molecule has 3 N–H and O–H groups in total. The van der Waals surface area contributed by atoms with E-state index in [4.69, 9.17) is 9.47 Å². The summed E-state index contributed by atoms with van der Waals surface area (Å²) in [6.07, 6.45) is 1.48. The summed E-state index contributed by atoms with van der Waals surface area (Å²) >= 11 is 0. The maximum Gasteiger partial charge on any atom is 0.236 e. The Morgan fingerprint density at radius 3 is 2.74 bits per heavy atom.